The Balaban J connectivity index is 0.00000432. The highest BCUT2D eigenvalue weighted by atomic mass is 19.4. The van der Waals surface area contributed by atoms with Gasteiger partial charge in [-0.25, -0.2) is 0 Å². The van der Waals surface area contributed by atoms with E-state index in [1.807, 2.05) is 0 Å². The highest BCUT2D eigenvalue weighted by Crippen LogP contribution is 2.39. The van der Waals surface area contributed by atoms with Crippen LogP contribution in [0.4, 0.5) is 26.3 Å². The molecule has 0 unspecified atom stereocenters. The zero-order valence-corrected chi connectivity index (χ0v) is 18.1. The van der Waals surface area contributed by atoms with Gasteiger partial charge in [-0.1, -0.05) is 37.8 Å². The van der Waals surface area contributed by atoms with E-state index in [0.29, 0.717) is 12.1 Å². The van der Waals surface area contributed by atoms with Crippen LogP contribution < -0.4 is 11.1 Å². The van der Waals surface area contributed by atoms with E-state index in [0.717, 1.165) is 5.56 Å². The first-order valence-electron chi connectivity index (χ1n) is 10.4. The summed E-state index contributed by atoms with van der Waals surface area (Å²) in [6, 6.07) is 10.2. The lowest BCUT2D eigenvalue weighted by atomic mass is 9.77. The summed E-state index contributed by atoms with van der Waals surface area (Å²) in [5, 5.41) is 12.5. The van der Waals surface area contributed by atoms with Crippen molar-refractivity contribution in [1.82, 2.24) is 5.32 Å². The molecule has 3 atom stereocenters. The lowest BCUT2D eigenvalue weighted by Crippen LogP contribution is -2.65. The number of benzene rings is 2. The lowest BCUT2D eigenvalue weighted by molar-refractivity contribution is -0.146. The summed E-state index contributed by atoms with van der Waals surface area (Å²) in [6.07, 6.45) is -10.7. The molecule has 0 saturated carbocycles. The van der Waals surface area contributed by atoms with Crippen LogP contribution in [0.2, 0.25) is 0 Å². The maximum Gasteiger partial charge on any atom is 0.416 e. The first-order chi connectivity index (χ1) is 15.7. The molecule has 0 aromatic heterocycles. The Morgan fingerprint density at radius 3 is 2.03 bits per heavy atom. The number of rotatable bonds is 6. The monoisotopic (exact) mass is 506 g/mol. The number of aliphatic carboxylic acids is 1. The fourth-order valence-corrected chi connectivity index (χ4v) is 3.91. The van der Waals surface area contributed by atoms with Crippen LogP contribution in [0.15, 0.2) is 48.5 Å². The Labute approximate surface area is 199 Å². The standard InChI is InChI=1S/C23H24F6N2O3.CH4/c1-14(15-9-17(22(24,25)26)11-18(10-15)23(27,28)29)34-13-21(16-5-3-2-4-6-16)8-7-20(30,12-31-21)19(32)33;/h2-6,9-11,14,31H,7-8,12-13,30H2,1H3,(H,32,33);1H4/t14-,20+,21-;/m1./s1. The Morgan fingerprint density at radius 2 is 1.60 bits per heavy atom. The Morgan fingerprint density at radius 1 is 1.06 bits per heavy atom. The zero-order valence-electron chi connectivity index (χ0n) is 18.1. The SMILES string of the molecule is C.C[C@@H](OC[C@@]1(c2ccccc2)CC[C@@](N)(C(=O)O)CN1)c1cc(C(F)(F)F)cc(C(F)(F)F)c1. The van der Waals surface area contributed by atoms with Crippen LogP contribution in [-0.4, -0.2) is 29.8 Å². The van der Waals surface area contributed by atoms with Crippen molar-refractivity contribution in [3.8, 4) is 0 Å². The second-order valence-corrected chi connectivity index (χ2v) is 8.56. The Kier molecular flexibility index (Phi) is 8.30. The molecule has 1 heterocycles. The van der Waals surface area contributed by atoms with Crippen LogP contribution >= 0.6 is 0 Å². The van der Waals surface area contributed by atoms with E-state index < -0.39 is 46.6 Å². The van der Waals surface area contributed by atoms with Gasteiger partial charge in [0.05, 0.1) is 29.4 Å². The topological polar surface area (TPSA) is 84.6 Å². The number of nitrogens with one attached hydrogen (secondary N) is 1. The second-order valence-electron chi connectivity index (χ2n) is 8.56. The van der Waals surface area contributed by atoms with Crippen LogP contribution in [0, 0.1) is 0 Å². The molecule has 4 N–H and O–H groups in total. The van der Waals surface area contributed by atoms with E-state index in [4.69, 9.17) is 10.5 Å². The molecule has 11 heteroatoms. The van der Waals surface area contributed by atoms with Gasteiger partial charge in [-0.15, -0.1) is 0 Å². The third-order valence-corrected chi connectivity index (χ3v) is 6.15. The Bertz CT molecular complexity index is 984. The minimum Gasteiger partial charge on any atom is -0.480 e. The molecule has 2 aromatic rings. The van der Waals surface area contributed by atoms with Crippen molar-refractivity contribution < 1.29 is 41.0 Å². The van der Waals surface area contributed by atoms with Crippen molar-refractivity contribution in [3.05, 3.63) is 70.8 Å². The molecule has 1 saturated heterocycles. The molecule has 0 bridgehead atoms. The van der Waals surface area contributed by atoms with E-state index in [2.05, 4.69) is 5.32 Å². The molecule has 2 aromatic carbocycles. The highest BCUT2D eigenvalue weighted by Gasteiger charge is 2.46. The van der Waals surface area contributed by atoms with Gasteiger partial charge in [0.15, 0.2) is 0 Å². The van der Waals surface area contributed by atoms with Gasteiger partial charge in [0.25, 0.3) is 0 Å². The van der Waals surface area contributed by atoms with Crippen molar-refractivity contribution >= 4 is 5.97 Å². The van der Waals surface area contributed by atoms with Crippen molar-refractivity contribution in [2.75, 3.05) is 13.2 Å². The average Bonchev–Trinajstić information content (AvgIpc) is 2.78. The average molecular weight is 506 g/mol. The van der Waals surface area contributed by atoms with Gasteiger partial charge in [-0.3, -0.25) is 4.79 Å². The quantitative estimate of drug-likeness (QED) is 0.451. The number of alkyl halides is 6. The molecule has 3 rings (SSSR count). The number of hydrogen-bond donors (Lipinski definition) is 3. The largest absolute Gasteiger partial charge is 0.480 e. The smallest absolute Gasteiger partial charge is 0.416 e. The number of carbonyl (C=O) groups is 1. The van der Waals surface area contributed by atoms with Crippen molar-refractivity contribution in [2.45, 2.75) is 56.7 Å². The molecular formula is C24H28F6N2O3. The van der Waals surface area contributed by atoms with Crippen LogP contribution in [0.1, 0.15) is 55.5 Å². The van der Waals surface area contributed by atoms with Crippen molar-refractivity contribution in [1.29, 1.82) is 0 Å². The molecule has 1 aliphatic rings. The summed E-state index contributed by atoms with van der Waals surface area (Å²) in [7, 11) is 0. The number of piperidine rings is 1. The summed E-state index contributed by atoms with van der Waals surface area (Å²) < 4.78 is 85.1. The molecule has 0 radical (unpaired) electrons. The zero-order chi connectivity index (χ0) is 25.4. The first kappa shape index (κ1) is 28.6. The van der Waals surface area contributed by atoms with E-state index in [9.17, 15) is 36.2 Å². The van der Waals surface area contributed by atoms with Gasteiger partial charge in [0, 0.05) is 6.54 Å². The first-order valence-corrected chi connectivity index (χ1v) is 10.4. The predicted molar refractivity (Wildman–Crippen MR) is 117 cm³/mol. The third kappa shape index (κ3) is 6.33. The molecule has 1 fully saturated rings. The van der Waals surface area contributed by atoms with E-state index in [-0.39, 0.29) is 45.0 Å². The van der Waals surface area contributed by atoms with Crippen molar-refractivity contribution in [3.63, 3.8) is 0 Å². The highest BCUT2D eigenvalue weighted by molar-refractivity contribution is 5.79. The minimum absolute atomic E-state index is 0. The molecule has 0 amide bonds. The number of ether oxygens (including phenoxy) is 1. The number of carboxylic acid groups (broad SMARTS) is 1. The second kappa shape index (κ2) is 10.2. The predicted octanol–water partition coefficient (Wildman–Crippen LogP) is 5.50. The molecule has 194 valence electrons. The maximum absolute atomic E-state index is 13.2. The Hall–Kier alpha value is -2.63. The van der Waals surface area contributed by atoms with Gasteiger partial charge >= 0.3 is 18.3 Å². The molecule has 0 spiro atoms. The van der Waals surface area contributed by atoms with Gasteiger partial charge in [-0.2, -0.15) is 26.3 Å². The van der Waals surface area contributed by atoms with Crippen LogP contribution in [0.3, 0.4) is 0 Å². The molecule has 0 aliphatic carbocycles. The maximum atomic E-state index is 13.2. The number of halogens is 6. The van der Waals surface area contributed by atoms with E-state index in [1.54, 1.807) is 30.3 Å². The van der Waals surface area contributed by atoms with E-state index >= 15 is 0 Å². The van der Waals surface area contributed by atoms with E-state index in [1.165, 1.54) is 6.92 Å². The summed E-state index contributed by atoms with van der Waals surface area (Å²) >= 11 is 0. The van der Waals surface area contributed by atoms with Crippen molar-refractivity contribution in [2.24, 2.45) is 5.73 Å². The third-order valence-electron chi connectivity index (χ3n) is 6.15. The minimum atomic E-state index is -4.97. The normalized spacial score (nSPS) is 23.9. The fraction of sp³-hybridized carbons (Fsp3) is 0.458. The van der Waals surface area contributed by atoms with Gasteiger partial charge in [0.1, 0.15) is 5.54 Å². The number of nitrogens with two attached hydrogens (primary N) is 1. The van der Waals surface area contributed by atoms with Gasteiger partial charge < -0.3 is 20.9 Å². The number of hydrogen-bond acceptors (Lipinski definition) is 4. The summed E-state index contributed by atoms with van der Waals surface area (Å²) in [5.74, 6) is -1.18. The van der Waals surface area contributed by atoms with Gasteiger partial charge in [-0.05, 0) is 49.1 Å². The summed E-state index contributed by atoms with van der Waals surface area (Å²) in [4.78, 5) is 11.5. The van der Waals surface area contributed by atoms with Crippen LogP contribution in [0.25, 0.3) is 0 Å². The summed E-state index contributed by atoms with van der Waals surface area (Å²) in [6.45, 7) is 1.13. The molecule has 35 heavy (non-hydrogen) atoms. The van der Waals surface area contributed by atoms with Crippen LogP contribution in [0.5, 0.6) is 0 Å². The molecular weight excluding hydrogens is 478 g/mol. The molecule has 1 aliphatic heterocycles. The molecule has 5 nitrogen and oxygen atoms in total. The number of carboxylic acids is 1. The summed E-state index contributed by atoms with van der Waals surface area (Å²) in [5.41, 5.74) is 1.12. The van der Waals surface area contributed by atoms with Gasteiger partial charge in [0.2, 0.25) is 0 Å². The lowest BCUT2D eigenvalue weighted by Gasteiger charge is -2.44. The van der Waals surface area contributed by atoms with Crippen LogP contribution in [-0.2, 0) is 27.4 Å². The fourth-order valence-electron chi connectivity index (χ4n) is 3.91.